The Kier molecular flexibility index (Phi) is 3.50. The molecule has 0 aliphatic carbocycles. The van der Waals surface area contributed by atoms with Crippen molar-refractivity contribution in [2.24, 2.45) is 11.8 Å². The number of hydrogen-bond acceptors (Lipinski definition) is 3. The lowest BCUT2D eigenvalue weighted by atomic mass is 9.95. The number of aliphatic hydroxyl groups is 1. The van der Waals surface area contributed by atoms with Crippen LogP contribution in [-0.4, -0.2) is 24.1 Å². The van der Waals surface area contributed by atoms with Crippen LogP contribution >= 0.6 is 15.9 Å². The Hall–Kier alpha value is -1.07. The van der Waals surface area contributed by atoms with Crippen LogP contribution in [-0.2, 0) is 4.79 Å². The van der Waals surface area contributed by atoms with Gasteiger partial charge in [-0.15, -0.1) is 0 Å². The van der Waals surface area contributed by atoms with E-state index in [0.29, 0.717) is 11.5 Å². The predicted octanol–water partition coefficient (Wildman–Crippen LogP) is 2.92. The second-order valence-electron chi connectivity index (χ2n) is 6.02. The van der Waals surface area contributed by atoms with Crippen LogP contribution in [0.4, 0.5) is 11.4 Å². The normalized spacial score (nSPS) is 25.2. The van der Waals surface area contributed by atoms with Crippen LogP contribution in [0.3, 0.4) is 0 Å². The summed E-state index contributed by atoms with van der Waals surface area (Å²) >= 11 is 3.57. The third-order valence-electron chi connectivity index (χ3n) is 4.43. The Morgan fingerprint density at radius 3 is 2.85 bits per heavy atom. The van der Waals surface area contributed by atoms with Crippen molar-refractivity contribution in [3.8, 4) is 0 Å². The number of aliphatic hydroxyl groups excluding tert-OH is 1. The van der Waals surface area contributed by atoms with Crippen molar-refractivity contribution in [2.45, 2.75) is 26.4 Å². The Balaban J connectivity index is 1.89. The molecule has 0 aromatic heterocycles. The number of nitrogens with zero attached hydrogens (tertiary/aromatic N) is 1. The summed E-state index contributed by atoms with van der Waals surface area (Å²) in [6.45, 7) is 6.62. The molecule has 0 bridgehead atoms. The van der Waals surface area contributed by atoms with Gasteiger partial charge < -0.3 is 15.3 Å². The number of amides is 1. The van der Waals surface area contributed by atoms with Crippen LogP contribution in [0.15, 0.2) is 16.6 Å². The average molecular weight is 339 g/mol. The van der Waals surface area contributed by atoms with E-state index >= 15 is 0 Å². The van der Waals surface area contributed by atoms with Gasteiger partial charge in [0.1, 0.15) is 0 Å². The minimum Gasteiger partial charge on any atom is -0.378 e. The summed E-state index contributed by atoms with van der Waals surface area (Å²) in [5.74, 6) is 1.07. The Labute approximate surface area is 127 Å². The van der Waals surface area contributed by atoms with Crippen molar-refractivity contribution in [1.82, 2.24) is 0 Å². The molecule has 0 radical (unpaired) electrons. The monoisotopic (exact) mass is 338 g/mol. The average Bonchev–Trinajstić information content (AvgIpc) is 2.97. The van der Waals surface area contributed by atoms with Crippen molar-refractivity contribution in [2.75, 3.05) is 23.3 Å². The number of nitrogens with one attached hydrogen (secondary N) is 1. The molecule has 2 aliphatic rings. The first-order valence-electron chi connectivity index (χ1n) is 7.04. The molecule has 1 fully saturated rings. The van der Waals surface area contributed by atoms with E-state index in [1.165, 1.54) is 6.42 Å². The van der Waals surface area contributed by atoms with Gasteiger partial charge in [-0.2, -0.15) is 0 Å². The van der Waals surface area contributed by atoms with Gasteiger partial charge in [-0.3, -0.25) is 4.79 Å². The van der Waals surface area contributed by atoms with Crippen LogP contribution < -0.4 is 10.2 Å². The topological polar surface area (TPSA) is 52.6 Å². The molecule has 0 saturated carbocycles. The van der Waals surface area contributed by atoms with E-state index in [2.05, 4.69) is 40.0 Å². The van der Waals surface area contributed by atoms with Gasteiger partial charge in [0, 0.05) is 28.8 Å². The lowest BCUT2D eigenvalue weighted by Crippen LogP contribution is -2.21. The molecule has 2 atom stereocenters. The molecule has 2 N–H and O–H groups in total. The second-order valence-corrected chi connectivity index (χ2v) is 6.88. The number of carbonyl (C=O) groups excluding carboxylic acids is 1. The van der Waals surface area contributed by atoms with E-state index in [-0.39, 0.29) is 5.91 Å². The zero-order valence-electron chi connectivity index (χ0n) is 11.7. The fourth-order valence-electron chi connectivity index (χ4n) is 3.05. The standard InChI is InChI=1S/C15H19BrN2O2/c1-8(2)9-3-4-18(7-9)13-6-12-10(5-11(13)16)14(19)15(20)17-12/h5-6,8-9,14,19H,3-4,7H2,1-2H3,(H,17,20). The van der Waals surface area contributed by atoms with E-state index < -0.39 is 6.10 Å². The summed E-state index contributed by atoms with van der Waals surface area (Å²) in [4.78, 5) is 13.9. The highest BCUT2D eigenvalue weighted by Gasteiger charge is 2.32. The van der Waals surface area contributed by atoms with Crippen molar-refractivity contribution in [1.29, 1.82) is 0 Å². The molecule has 1 aromatic rings. The molecule has 1 amide bonds. The first-order chi connectivity index (χ1) is 9.47. The van der Waals surface area contributed by atoms with Crippen molar-refractivity contribution in [3.05, 3.63) is 22.2 Å². The predicted molar refractivity (Wildman–Crippen MR) is 82.9 cm³/mol. The van der Waals surface area contributed by atoms with Gasteiger partial charge in [-0.25, -0.2) is 0 Å². The summed E-state index contributed by atoms with van der Waals surface area (Å²) in [5.41, 5.74) is 2.49. The van der Waals surface area contributed by atoms with Crippen LogP contribution in [0.2, 0.25) is 0 Å². The molecule has 5 heteroatoms. The molecule has 20 heavy (non-hydrogen) atoms. The van der Waals surface area contributed by atoms with E-state index in [0.717, 1.165) is 34.9 Å². The largest absolute Gasteiger partial charge is 0.378 e. The molecular formula is C15H19BrN2O2. The first-order valence-corrected chi connectivity index (χ1v) is 7.84. The highest BCUT2D eigenvalue weighted by Crippen LogP contribution is 2.40. The van der Waals surface area contributed by atoms with Gasteiger partial charge in [-0.05, 0) is 46.3 Å². The van der Waals surface area contributed by atoms with E-state index in [9.17, 15) is 9.90 Å². The quantitative estimate of drug-likeness (QED) is 0.871. The Morgan fingerprint density at radius 2 is 2.20 bits per heavy atom. The van der Waals surface area contributed by atoms with Crippen molar-refractivity contribution < 1.29 is 9.90 Å². The van der Waals surface area contributed by atoms with E-state index in [1.54, 1.807) is 0 Å². The maximum atomic E-state index is 11.5. The number of hydrogen-bond donors (Lipinski definition) is 2. The molecule has 108 valence electrons. The maximum Gasteiger partial charge on any atom is 0.257 e. The van der Waals surface area contributed by atoms with Crippen LogP contribution in [0.25, 0.3) is 0 Å². The molecule has 1 saturated heterocycles. The molecule has 2 heterocycles. The fraction of sp³-hybridized carbons (Fsp3) is 0.533. The third-order valence-corrected chi connectivity index (χ3v) is 5.06. The van der Waals surface area contributed by atoms with Crippen LogP contribution in [0.5, 0.6) is 0 Å². The van der Waals surface area contributed by atoms with Gasteiger partial charge >= 0.3 is 0 Å². The number of benzene rings is 1. The molecule has 2 unspecified atom stereocenters. The smallest absolute Gasteiger partial charge is 0.257 e. The Morgan fingerprint density at radius 1 is 1.45 bits per heavy atom. The fourth-order valence-corrected chi connectivity index (χ4v) is 3.66. The number of halogens is 1. The minimum absolute atomic E-state index is 0.342. The molecular weight excluding hydrogens is 320 g/mol. The summed E-state index contributed by atoms with van der Waals surface area (Å²) in [6.07, 6.45) is 0.160. The number of anilines is 2. The van der Waals surface area contributed by atoms with Gasteiger partial charge in [0.2, 0.25) is 0 Å². The zero-order chi connectivity index (χ0) is 14.4. The van der Waals surface area contributed by atoms with Crippen molar-refractivity contribution in [3.63, 3.8) is 0 Å². The van der Waals surface area contributed by atoms with E-state index in [4.69, 9.17) is 0 Å². The van der Waals surface area contributed by atoms with Crippen molar-refractivity contribution >= 4 is 33.2 Å². The summed E-state index contributed by atoms with van der Waals surface area (Å²) in [7, 11) is 0. The summed E-state index contributed by atoms with van der Waals surface area (Å²) < 4.78 is 0.941. The van der Waals surface area contributed by atoms with Gasteiger partial charge in [0.25, 0.3) is 5.91 Å². The molecule has 3 rings (SSSR count). The molecule has 1 aromatic carbocycles. The number of fused-ring (bicyclic) bond motifs is 1. The SMILES string of the molecule is CC(C)C1CCN(c2cc3c(cc2Br)C(O)C(=O)N3)C1. The maximum absolute atomic E-state index is 11.5. The van der Waals surface area contributed by atoms with E-state index in [1.807, 2.05) is 12.1 Å². The Bertz CT molecular complexity index is 559. The lowest BCUT2D eigenvalue weighted by Gasteiger charge is -2.22. The third kappa shape index (κ3) is 2.23. The lowest BCUT2D eigenvalue weighted by molar-refractivity contribution is -0.123. The van der Waals surface area contributed by atoms with Crippen LogP contribution in [0, 0.1) is 11.8 Å². The summed E-state index contributed by atoms with van der Waals surface area (Å²) in [5, 5.41) is 12.5. The van der Waals surface area contributed by atoms with Crippen LogP contribution in [0.1, 0.15) is 31.9 Å². The number of carbonyl (C=O) groups is 1. The number of rotatable bonds is 2. The molecule has 0 spiro atoms. The van der Waals surface area contributed by atoms with Gasteiger partial charge in [0.05, 0.1) is 5.69 Å². The van der Waals surface area contributed by atoms with Gasteiger partial charge in [0.15, 0.2) is 6.10 Å². The summed E-state index contributed by atoms with van der Waals surface area (Å²) in [6, 6.07) is 3.83. The first kappa shape index (κ1) is 13.9. The molecule has 4 nitrogen and oxygen atoms in total. The highest BCUT2D eigenvalue weighted by atomic mass is 79.9. The minimum atomic E-state index is -1.04. The van der Waals surface area contributed by atoms with Gasteiger partial charge in [-0.1, -0.05) is 13.8 Å². The highest BCUT2D eigenvalue weighted by molar-refractivity contribution is 9.10. The molecule has 2 aliphatic heterocycles. The second kappa shape index (κ2) is 5.04. The zero-order valence-corrected chi connectivity index (χ0v) is 13.3.